The summed E-state index contributed by atoms with van der Waals surface area (Å²) in [6.07, 6.45) is 2.45. The predicted molar refractivity (Wildman–Crippen MR) is 112 cm³/mol. The van der Waals surface area contributed by atoms with Crippen molar-refractivity contribution >= 4 is 33.3 Å². The van der Waals surface area contributed by atoms with Gasteiger partial charge in [0, 0.05) is 11.7 Å². The second kappa shape index (κ2) is 8.24. The highest BCUT2D eigenvalue weighted by atomic mass is 32.2. The van der Waals surface area contributed by atoms with E-state index in [1.807, 2.05) is 32.0 Å². The Morgan fingerprint density at radius 1 is 1.21 bits per heavy atom. The first-order valence-electron chi connectivity index (χ1n) is 9.38. The van der Waals surface area contributed by atoms with Gasteiger partial charge in [0.1, 0.15) is 0 Å². The highest BCUT2D eigenvalue weighted by Crippen LogP contribution is 2.34. The van der Waals surface area contributed by atoms with Gasteiger partial charge in [-0.1, -0.05) is 25.1 Å². The highest BCUT2D eigenvalue weighted by Gasteiger charge is 2.32. The van der Waals surface area contributed by atoms with Gasteiger partial charge in [-0.25, -0.2) is 13.2 Å². The number of sulfonamides is 1. The Bertz CT molecular complexity index is 1050. The molecule has 0 fully saturated rings. The van der Waals surface area contributed by atoms with Crippen molar-refractivity contribution in [2.75, 3.05) is 22.5 Å². The van der Waals surface area contributed by atoms with Gasteiger partial charge in [0.2, 0.25) is 10.0 Å². The van der Waals surface area contributed by atoms with Gasteiger partial charge in [0.05, 0.1) is 17.5 Å². The van der Waals surface area contributed by atoms with Gasteiger partial charge in [-0.05, 0) is 55.2 Å². The number of benzene rings is 2. The fourth-order valence-corrected chi connectivity index (χ4v) is 4.85. The van der Waals surface area contributed by atoms with E-state index >= 15 is 0 Å². The molecule has 2 aromatic rings. The van der Waals surface area contributed by atoms with Crippen molar-refractivity contribution in [3.05, 3.63) is 59.2 Å². The van der Waals surface area contributed by atoms with Gasteiger partial charge in [0.25, 0.3) is 5.91 Å². The predicted octanol–water partition coefficient (Wildman–Crippen LogP) is 2.76. The molecular weight excluding hydrogens is 392 g/mol. The topological polar surface area (TPSA) is 92.8 Å². The minimum Gasteiger partial charge on any atom is -0.452 e. The number of aryl methyl sites for hydroxylation is 1. The van der Waals surface area contributed by atoms with Gasteiger partial charge >= 0.3 is 5.97 Å². The molecule has 1 heterocycles. The molecule has 0 radical (unpaired) electrons. The number of carbonyl (C=O) groups excluding carboxylic acids is 2. The maximum atomic E-state index is 12.4. The average molecular weight is 416 g/mol. The summed E-state index contributed by atoms with van der Waals surface area (Å²) in [4.78, 5) is 24.5. The SMILES string of the molecule is CCc1ccccc1NC(=O)COC(=O)c1ccc2c(c1)C[C@@H](C)N2S(C)(=O)=O. The maximum absolute atomic E-state index is 12.4. The number of anilines is 2. The molecule has 154 valence electrons. The van der Waals surface area contributed by atoms with Crippen LogP contribution < -0.4 is 9.62 Å². The molecule has 1 N–H and O–H groups in total. The number of hydrogen-bond donors (Lipinski definition) is 1. The summed E-state index contributed by atoms with van der Waals surface area (Å²) in [6, 6.07) is 12.0. The number of hydrogen-bond acceptors (Lipinski definition) is 5. The molecule has 0 saturated heterocycles. The van der Waals surface area contributed by atoms with Crippen LogP contribution in [0.3, 0.4) is 0 Å². The van der Waals surface area contributed by atoms with Crippen LogP contribution in [0.1, 0.15) is 35.3 Å². The number of amides is 1. The highest BCUT2D eigenvalue weighted by molar-refractivity contribution is 7.92. The van der Waals surface area contributed by atoms with Crippen LogP contribution in [0.5, 0.6) is 0 Å². The molecule has 0 spiro atoms. The average Bonchev–Trinajstić information content (AvgIpc) is 3.01. The van der Waals surface area contributed by atoms with Crippen LogP contribution >= 0.6 is 0 Å². The zero-order valence-electron chi connectivity index (χ0n) is 16.6. The Balaban J connectivity index is 1.65. The van der Waals surface area contributed by atoms with Crippen molar-refractivity contribution in [3.63, 3.8) is 0 Å². The lowest BCUT2D eigenvalue weighted by molar-refractivity contribution is -0.119. The fourth-order valence-electron chi connectivity index (χ4n) is 3.59. The molecule has 8 heteroatoms. The van der Waals surface area contributed by atoms with E-state index in [2.05, 4.69) is 5.32 Å². The number of ether oxygens (including phenoxy) is 1. The van der Waals surface area contributed by atoms with Crippen LogP contribution in [0, 0.1) is 0 Å². The van der Waals surface area contributed by atoms with Crippen LogP contribution in [0.15, 0.2) is 42.5 Å². The van der Waals surface area contributed by atoms with Crippen LogP contribution in [-0.2, 0) is 32.4 Å². The minimum absolute atomic E-state index is 0.212. The summed E-state index contributed by atoms with van der Waals surface area (Å²) in [6.45, 7) is 3.40. The van der Waals surface area contributed by atoms with E-state index in [1.54, 1.807) is 18.2 Å². The Hall–Kier alpha value is -2.87. The number of fused-ring (bicyclic) bond motifs is 1. The van der Waals surface area contributed by atoms with E-state index in [1.165, 1.54) is 10.4 Å². The van der Waals surface area contributed by atoms with E-state index in [0.29, 0.717) is 17.8 Å². The molecule has 1 atom stereocenters. The smallest absolute Gasteiger partial charge is 0.338 e. The number of nitrogens with one attached hydrogen (secondary N) is 1. The molecule has 0 aromatic heterocycles. The third kappa shape index (κ3) is 4.59. The summed E-state index contributed by atoms with van der Waals surface area (Å²) < 4.78 is 30.5. The minimum atomic E-state index is -3.39. The third-order valence-electron chi connectivity index (χ3n) is 4.83. The van der Waals surface area contributed by atoms with Crippen molar-refractivity contribution in [1.29, 1.82) is 0 Å². The Labute approximate surface area is 170 Å². The second-order valence-electron chi connectivity index (χ2n) is 7.09. The third-order valence-corrected chi connectivity index (χ3v) is 6.10. The van der Waals surface area contributed by atoms with Gasteiger partial charge in [0.15, 0.2) is 6.61 Å². The summed E-state index contributed by atoms with van der Waals surface area (Å²) >= 11 is 0. The molecule has 2 aromatic carbocycles. The molecule has 1 amide bonds. The van der Waals surface area contributed by atoms with Crippen LogP contribution in [0.4, 0.5) is 11.4 Å². The molecule has 0 bridgehead atoms. The lowest BCUT2D eigenvalue weighted by Gasteiger charge is -2.21. The van der Waals surface area contributed by atoms with Crippen molar-refractivity contribution in [1.82, 2.24) is 0 Å². The first-order valence-corrected chi connectivity index (χ1v) is 11.2. The van der Waals surface area contributed by atoms with Gasteiger partial charge in [-0.3, -0.25) is 9.10 Å². The van der Waals surface area contributed by atoms with Gasteiger partial charge in [-0.15, -0.1) is 0 Å². The van der Waals surface area contributed by atoms with Crippen molar-refractivity contribution in [2.24, 2.45) is 0 Å². The molecule has 0 unspecified atom stereocenters. The summed E-state index contributed by atoms with van der Waals surface area (Å²) in [5, 5.41) is 2.75. The number of nitrogens with zero attached hydrogens (tertiary/aromatic N) is 1. The van der Waals surface area contributed by atoms with E-state index < -0.39 is 28.5 Å². The Kier molecular flexibility index (Phi) is 5.93. The largest absolute Gasteiger partial charge is 0.452 e. The lowest BCUT2D eigenvalue weighted by Crippen LogP contribution is -2.34. The first-order chi connectivity index (χ1) is 13.7. The van der Waals surface area contributed by atoms with Gasteiger partial charge < -0.3 is 10.1 Å². The molecule has 1 aliphatic heterocycles. The number of carbonyl (C=O) groups is 2. The quantitative estimate of drug-likeness (QED) is 0.731. The summed E-state index contributed by atoms with van der Waals surface area (Å²) in [5.74, 6) is -1.05. The van der Waals surface area contributed by atoms with Crippen molar-refractivity contribution < 1.29 is 22.7 Å². The van der Waals surface area contributed by atoms with E-state index in [4.69, 9.17) is 4.74 Å². The van der Waals surface area contributed by atoms with E-state index in [0.717, 1.165) is 23.8 Å². The van der Waals surface area contributed by atoms with Crippen LogP contribution in [0.25, 0.3) is 0 Å². The number of esters is 1. The lowest BCUT2D eigenvalue weighted by atomic mass is 10.1. The molecule has 0 saturated carbocycles. The fraction of sp³-hybridized carbons (Fsp3) is 0.333. The first kappa shape index (κ1) is 20.9. The van der Waals surface area contributed by atoms with Crippen LogP contribution in [0.2, 0.25) is 0 Å². The molecule has 0 aliphatic carbocycles. The maximum Gasteiger partial charge on any atom is 0.338 e. The number of para-hydroxylation sites is 1. The summed E-state index contributed by atoms with van der Waals surface area (Å²) in [7, 11) is -3.39. The van der Waals surface area contributed by atoms with Crippen molar-refractivity contribution in [3.8, 4) is 0 Å². The standard InChI is InChI=1S/C21H24N2O5S/c1-4-15-7-5-6-8-18(15)22-20(24)13-28-21(25)16-9-10-19-17(12-16)11-14(2)23(19)29(3,26)27/h5-10,12,14H,4,11,13H2,1-3H3,(H,22,24)/t14-/m1/s1. The molecule has 3 rings (SSSR count). The molecule has 1 aliphatic rings. The monoisotopic (exact) mass is 416 g/mol. The normalized spacial score (nSPS) is 15.7. The van der Waals surface area contributed by atoms with Crippen LogP contribution in [-0.4, -0.2) is 39.2 Å². The van der Waals surface area contributed by atoms with E-state index in [9.17, 15) is 18.0 Å². The molecule has 29 heavy (non-hydrogen) atoms. The number of rotatable bonds is 6. The second-order valence-corrected chi connectivity index (χ2v) is 8.95. The zero-order chi connectivity index (χ0) is 21.2. The van der Waals surface area contributed by atoms with Gasteiger partial charge in [-0.2, -0.15) is 0 Å². The Morgan fingerprint density at radius 3 is 2.62 bits per heavy atom. The summed E-state index contributed by atoms with van der Waals surface area (Å²) in [5.41, 5.74) is 3.32. The Morgan fingerprint density at radius 2 is 1.93 bits per heavy atom. The molecule has 7 nitrogen and oxygen atoms in total. The zero-order valence-corrected chi connectivity index (χ0v) is 17.5. The molecular formula is C21H24N2O5S. The van der Waals surface area contributed by atoms with Crippen molar-refractivity contribution in [2.45, 2.75) is 32.7 Å². The van der Waals surface area contributed by atoms with E-state index in [-0.39, 0.29) is 11.6 Å².